The zero-order chi connectivity index (χ0) is 18.0. The van der Waals surface area contributed by atoms with Gasteiger partial charge >= 0.3 is 0 Å². The molecule has 6 nitrogen and oxygen atoms in total. The lowest BCUT2D eigenvalue weighted by molar-refractivity contribution is -0.0336. The number of carbonyl (C=O) groups is 1. The minimum atomic E-state index is 0.0371. The predicted molar refractivity (Wildman–Crippen MR) is 99.1 cm³/mol. The van der Waals surface area contributed by atoms with Crippen molar-refractivity contribution in [3.63, 3.8) is 0 Å². The van der Waals surface area contributed by atoms with Gasteiger partial charge in [0.2, 0.25) is 0 Å². The molecule has 1 aliphatic heterocycles. The molecule has 0 aliphatic carbocycles. The lowest BCUT2D eigenvalue weighted by atomic mass is 10.2. The van der Waals surface area contributed by atoms with Crippen LogP contribution in [0.5, 0.6) is 0 Å². The van der Waals surface area contributed by atoms with Crippen LogP contribution in [-0.2, 0) is 11.3 Å². The summed E-state index contributed by atoms with van der Waals surface area (Å²) in [5.41, 5.74) is 5.90. The van der Waals surface area contributed by atoms with Crippen molar-refractivity contribution >= 4 is 17.2 Å². The van der Waals surface area contributed by atoms with Crippen LogP contribution in [-0.4, -0.2) is 65.1 Å². The molecule has 0 aromatic carbocycles. The molecule has 1 aliphatic rings. The fourth-order valence-electron chi connectivity index (χ4n) is 3.24. The van der Waals surface area contributed by atoms with Crippen molar-refractivity contribution < 1.29 is 9.53 Å². The lowest BCUT2D eigenvalue weighted by Gasteiger charge is -2.34. The number of amides is 1. The molecule has 2 aromatic rings. The normalized spacial score (nSPS) is 18.5. The van der Waals surface area contributed by atoms with E-state index in [9.17, 15) is 4.79 Å². The van der Waals surface area contributed by atoms with E-state index in [0.29, 0.717) is 24.6 Å². The summed E-state index contributed by atoms with van der Waals surface area (Å²) >= 11 is 1.41. The van der Waals surface area contributed by atoms with Gasteiger partial charge in [-0.3, -0.25) is 4.79 Å². The van der Waals surface area contributed by atoms with Crippen molar-refractivity contribution in [3.8, 4) is 0 Å². The highest BCUT2D eigenvalue weighted by molar-refractivity contribution is 7.11. The topological polar surface area (TPSA) is 61.5 Å². The van der Waals surface area contributed by atoms with Gasteiger partial charge in [-0.05, 0) is 39.4 Å². The van der Waals surface area contributed by atoms with Crippen LogP contribution in [0.1, 0.15) is 32.3 Å². The molecular weight excluding hydrogens is 336 g/mol. The minimum Gasteiger partial charge on any atom is -0.374 e. The van der Waals surface area contributed by atoms with Gasteiger partial charge in [0, 0.05) is 37.6 Å². The van der Waals surface area contributed by atoms with E-state index in [0.717, 1.165) is 35.7 Å². The highest BCUT2D eigenvalue weighted by atomic mass is 32.1. The molecule has 1 N–H and O–H groups in total. The summed E-state index contributed by atoms with van der Waals surface area (Å²) in [5, 5.41) is 0. The second-order valence-corrected chi connectivity index (χ2v) is 7.66. The Morgan fingerprint density at radius 3 is 2.88 bits per heavy atom. The van der Waals surface area contributed by atoms with Crippen LogP contribution in [0.25, 0.3) is 0 Å². The Balaban J connectivity index is 1.81. The molecule has 2 aromatic heterocycles. The summed E-state index contributed by atoms with van der Waals surface area (Å²) in [6.45, 7) is 9.64. The average Bonchev–Trinajstić information content (AvgIpc) is 3.11. The van der Waals surface area contributed by atoms with Crippen molar-refractivity contribution in [2.45, 2.75) is 33.4 Å². The van der Waals surface area contributed by atoms with E-state index in [4.69, 9.17) is 4.74 Å². The molecule has 1 saturated heterocycles. The molecular formula is C18H26N4O2S. The van der Waals surface area contributed by atoms with Crippen molar-refractivity contribution in [2.75, 3.05) is 33.3 Å². The van der Waals surface area contributed by atoms with Crippen molar-refractivity contribution in [1.29, 1.82) is 0 Å². The van der Waals surface area contributed by atoms with Gasteiger partial charge in [0.15, 0.2) is 0 Å². The Morgan fingerprint density at radius 2 is 2.28 bits per heavy atom. The van der Waals surface area contributed by atoms with Gasteiger partial charge in [0.25, 0.3) is 5.91 Å². The number of nitrogens with one attached hydrogen (secondary N) is 1. The number of hydrogen-bond donors (Lipinski definition) is 1. The number of likely N-dealkylation sites (N-methyl/N-ethyl adjacent to an activating group) is 1. The molecule has 1 amide bonds. The van der Waals surface area contributed by atoms with Crippen LogP contribution >= 0.6 is 11.3 Å². The Labute approximate surface area is 152 Å². The zero-order valence-corrected chi connectivity index (χ0v) is 16.2. The zero-order valence-electron chi connectivity index (χ0n) is 15.3. The average molecular weight is 362 g/mol. The molecule has 3 rings (SSSR count). The molecule has 0 spiro atoms. The summed E-state index contributed by atoms with van der Waals surface area (Å²) in [5.74, 6) is 0.0371. The molecule has 7 heteroatoms. The number of nitrogens with zero attached hydrogens (tertiary/aromatic N) is 3. The molecule has 3 heterocycles. The summed E-state index contributed by atoms with van der Waals surface area (Å²) in [7, 11) is 2.09. The number of thiazole rings is 1. The van der Waals surface area contributed by atoms with E-state index < -0.39 is 0 Å². The molecule has 0 radical (unpaired) electrons. The van der Waals surface area contributed by atoms with Crippen molar-refractivity contribution in [2.24, 2.45) is 0 Å². The van der Waals surface area contributed by atoms with E-state index in [1.54, 1.807) is 5.51 Å². The number of morpholine rings is 1. The van der Waals surface area contributed by atoms with Gasteiger partial charge in [-0.1, -0.05) is 0 Å². The first-order valence-electron chi connectivity index (χ1n) is 8.58. The quantitative estimate of drug-likeness (QED) is 0.887. The minimum absolute atomic E-state index is 0.0371. The van der Waals surface area contributed by atoms with E-state index >= 15 is 0 Å². The molecule has 136 valence electrons. The largest absolute Gasteiger partial charge is 0.374 e. The number of aromatic amines is 1. The van der Waals surface area contributed by atoms with Crippen LogP contribution in [0, 0.1) is 20.8 Å². The molecule has 1 atom stereocenters. The second-order valence-electron chi connectivity index (χ2n) is 6.81. The monoisotopic (exact) mass is 362 g/mol. The number of ether oxygens (including phenoxy) is 1. The van der Waals surface area contributed by atoms with Gasteiger partial charge in [-0.15, -0.1) is 11.3 Å². The van der Waals surface area contributed by atoms with E-state index in [1.807, 2.05) is 25.7 Å². The van der Waals surface area contributed by atoms with Crippen molar-refractivity contribution in [3.05, 3.63) is 39.1 Å². The third kappa shape index (κ3) is 4.29. The first-order valence-corrected chi connectivity index (χ1v) is 9.46. The smallest absolute Gasteiger partial charge is 0.266 e. The van der Waals surface area contributed by atoms with Gasteiger partial charge in [0.1, 0.15) is 4.88 Å². The van der Waals surface area contributed by atoms with E-state index in [2.05, 4.69) is 28.0 Å². The second kappa shape index (κ2) is 7.68. The Hall–Kier alpha value is -1.70. The number of H-pyrrole nitrogens is 1. The fraction of sp³-hybridized carbons (Fsp3) is 0.556. The number of aromatic nitrogens is 2. The molecule has 0 saturated carbocycles. The summed E-state index contributed by atoms with van der Waals surface area (Å²) < 4.78 is 5.89. The third-order valence-electron chi connectivity index (χ3n) is 4.61. The van der Waals surface area contributed by atoms with Crippen LogP contribution < -0.4 is 0 Å². The maximum absolute atomic E-state index is 13.1. The maximum atomic E-state index is 13.1. The first-order chi connectivity index (χ1) is 11.9. The number of rotatable bonds is 5. The van der Waals surface area contributed by atoms with Crippen LogP contribution in [0.4, 0.5) is 0 Å². The summed E-state index contributed by atoms with van der Waals surface area (Å²) in [6.07, 6.45) is 0.0382. The Morgan fingerprint density at radius 1 is 1.48 bits per heavy atom. The van der Waals surface area contributed by atoms with Crippen LogP contribution in [0.15, 0.2) is 11.6 Å². The lowest BCUT2D eigenvalue weighted by Crippen LogP contribution is -2.47. The molecule has 25 heavy (non-hydrogen) atoms. The van der Waals surface area contributed by atoms with Gasteiger partial charge in [-0.25, -0.2) is 4.98 Å². The summed E-state index contributed by atoms with van der Waals surface area (Å²) in [4.78, 5) is 25.5. The standard InChI is InChI=1S/C18H26N4O2S/c1-12-7-15(13(2)20-12)8-22(10-16-9-21(4)5-6-24-16)18(23)17-14(3)19-11-25-17/h7,11,16,20H,5-6,8-10H2,1-4H3/t16-/m0/s1. The Bertz CT molecular complexity index is 739. The maximum Gasteiger partial charge on any atom is 0.266 e. The Kier molecular flexibility index (Phi) is 5.56. The SMILES string of the molecule is Cc1cc(CN(C[C@@H]2CN(C)CCO2)C(=O)c2scnc2C)c(C)[nH]1. The van der Waals surface area contributed by atoms with Gasteiger partial charge in [-0.2, -0.15) is 0 Å². The van der Waals surface area contributed by atoms with Crippen LogP contribution in [0.2, 0.25) is 0 Å². The number of hydrogen-bond acceptors (Lipinski definition) is 5. The van der Waals surface area contributed by atoms with Gasteiger partial charge < -0.3 is 19.5 Å². The number of aryl methyl sites for hydroxylation is 3. The fourth-order valence-corrected chi connectivity index (χ4v) is 4.01. The first kappa shape index (κ1) is 18.1. The molecule has 0 bridgehead atoms. The van der Waals surface area contributed by atoms with E-state index in [-0.39, 0.29) is 12.0 Å². The van der Waals surface area contributed by atoms with Crippen molar-refractivity contribution in [1.82, 2.24) is 19.8 Å². The predicted octanol–water partition coefficient (Wildman–Crippen LogP) is 2.37. The van der Waals surface area contributed by atoms with Gasteiger partial charge in [0.05, 0.1) is 23.9 Å². The number of carbonyl (C=O) groups excluding carboxylic acids is 1. The van der Waals surface area contributed by atoms with Crippen LogP contribution in [0.3, 0.4) is 0 Å². The highest BCUT2D eigenvalue weighted by Gasteiger charge is 2.26. The highest BCUT2D eigenvalue weighted by Crippen LogP contribution is 2.20. The molecule has 1 fully saturated rings. The van der Waals surface area contributed by atoms with E-state index in [1.165, 1.54) is 11.3 Å². The third-order valence-corrected chi connectivity index (χ3v) is 5.53. The summed E-state index contributed by atoms with van der Waals surface area (Å²) in [6, 6.07) is 2.11. The molecule has 0 unspecified atom stereocenters.